The number of thioether (sulfide) groups is 1. The molecule has 0 fully saturated rings. The lowest BCUT2D eigenvalue weighted by Gasteiger charge is -2.00. The Balaban J connectivity index is 1.67. The maximum Gasteiger partial charge on any atom is 0.277 e. The van der Waals surface area contributed by atoms with Gasteiger partial charge in [0.1, 0.15) is 0 Å². The average molecular weight is 367 g/mol. The van der Waals surface area contributed by atoms with Crippen molar-refractivity contribution in [1.29, 1.82) is 0 Å². The Morgan fingerprint density at radius 1 is 1.12 bits per heavy atom. The Bertz CT molecular complexity index is 901. The number of hydrogen-bond donors (Lipinski definition) is 0. The number of halogens is 3. The molecule has 8 heteroatoms. The van der Waals surface area contributed by atoms with Crippen molar-refractivity contribution in [3.05, 3.63) is 64.7 Å². The van der Waals surface area contributed by atoms with Crippen LogP contribution in [0.2, 0.25) is 5.02 Å². The largest absolute Gasteiger partial charge is 0.411 e. The lowest BCUT2D eigenvalue weighted by Crippen LogP contribution is -2.03. The van der Waals surface area contributed by atoms with Gasteiger partial charge in [-0.2, -0.15) is 0 Å². The molecule has 4 nitrogen and oxygen atoms in total. The number of carbonyl (C=O) groups is 1. The molecular weight excluding hydrogens is 358 g/mol. The first-order valence-electron chi connectivity index (χ1n) is 6.73. The summed E-state index contributed by atoms with van der Waals surface area (Å²) in [5.41, 5.74) is 0.741. The fourth-order valence-electron chi connectivity index (χ4n) is 1.89. The Morgan fingerprint density at radius 3 is 2.71 bits per heavy atom. The van der Waals surface area contributed by atoms with Crippen LogP contribution in [-0.2, 0) is 0 Å². The van der Waals surface area contributed by atoms with Crippen LogP contribution in [0, 0.1) is 11.6 Å². The quantitative estimate of drug-likeness (QED) is 0.486. The number of aromatic nitrogens is 2. The fourth-order valence-corrected chi connectivity index (χ4v) is 2.73. The van der Waals surface area contributed by atoms with E-state index in [0.29, 0.717) is 10.6 Å². The van der Waals surface area contributed by atoms with Crippen LogP contribution in [0.3, 0.4) is 0 Å². The molecule has 0 aliphatic carbocycles. The molecule has 0 N–H and O–H groups in total. The summed E-state index contributed by atoms with van der Waals surface area (Å²) in [7, 11) is 0. The summed E-state index contributed by atoms with van der Waals surface area (Å²) in [6, 6.07) is 9.92. The Hall–Kier alpha value is -2.25. The van der Waals surface area contributed by atoms with Gasteiger partial charge in [-0.1, -0.05) is 29.4 Å². The highest BCUT2D eigenvalue weighted by Gasteiger charge is 2.14. The summed E-state index contributed by atoms with van der Waals surface area (Å²) in [6.45, 7) is 0. The third-order valence-electron chi connectivity index (χ3n) is 3.05. The minimum Gasteiger partial charge on any atom is -0.411 e. The molecule has 0 spiro atoms. The van der Waals surface area contributed by atoms with Crippen molar-refractivity contribution in [2.75, 3.05) is 5.75 Å². The van der Waals surface area contributed by atoms with E-state index >= 15 is 0 Å². The monoisotopic (exact) mass is 366 g/mol. The lowest BCUT2D eigenvalue weighted by molar-refractivity contribution is 0.102. The molecular formula is C16H9ClF2N2O2S. The summed E-state index contributed by atoms with van der Waals surface area (Å²) >= 11 is 6.91. The van der Waals surface area contributed by atoms with Crippen molar-refractivity contribution >= 4 is 29.1 Å². The third-order valence-corrected chi connectivity index (χ3v) is 4.10. The van der Waals surface area contributed by atoms with Gasteiger partial charge in [0.15, 0.2) is 17.4 Å². The molecule has 24 heavy (non-hydrogen) atoms. The number of hydrogen-bond acceptors (Lipinski definition) is 5. The van der Waals surface area contributed by atoms with Crippen LogP contribution in [0.4, 0.5) is 8.78 Å². The zero-order valence-corrected chi connectivity index (χ0v) is 13.6. The Morgan fingerprint density at radius 2 is 1.96 bits per heavy atom. The fraction of sp³-hybridized carbons (Fsp3) is 0.0625. The maximum absolute atomic E-state index is 13.1. The van der Waals surface area contributed by atoms with Crippen LogP contribution in [0.15, 0.2) is 52.1 Å². The predicted molar refractivity (Wildman–Crippen MR) is 86.2 cm³/mol. The van der Waals surface area contributed by atoms with Crippen molar-refractivity contribution in [2.24, 2.45) is 0 Å². The van der Waals surface area contributed by atoms with Gasteiger partial charge in [-0.15, -0.1) is 10.2 Å². The van der Waals surface area contributed by atoms with E-state index in [1.807, 2.05) is 0 Å². The van der Waals surface area contributed by atoms with Crippen LogP contribution in [-0.4, -0.2) is 21.7 Å². The molecule has 3 rings (SSSR count). The van der Waals surface area contributed by atoms with Gasteiger partial charge >= 0.3 is 0 Å². The Kier molecular flexibility index (Phi) is 4.92. The minimum absolute atomic E-state index is 0.0394. The minimum atomic E-state index is -1.06. The topological polar surface area (TPSA) is 56.0 Å². The van der Waals surface area contributed by atoms with Gasteiger partial charge in [-0.3, -0.25) is 4.79 Å². The number of carbonyl (C=O) groups excluding carboxylic acids is 1. The molecule has 0 atom stereocenters. The van der Waals surface area contributed by atoms with E-state index in [1.165, 1.54) is 6.07 Å². The molecule has 2 aromatic carbocycles. The number of rotatable bonds is 5. The first-order valence-corrected chi connectivity index (χ1v) is 8.10. The maximum atomic E-state index is 13.1. The SMILES string of the molecule is O=C(CSc1nnc(-c2cccc(Cl)c2)o1)c1ccc(F)c(F)c1. The molecule has 0 saturated carbocycles. The molecule has 0 radical (unpaired) electrons. The number of nitrogens with zero attached hydrogens (tertiary/aromatic N) is 2. The van der Waals surface area contributed by atoms with Crippen LogP contribution >= 0.6 is 23.4 Å². The first kappa shape index (κ1) is 16.6. The van der Waals surface area contributed by atoms with Crippen LogP contribution in [0.1, 0.15) is 10.4 Å². The van der Waals surface area contributed by atoms with Gasteiger partial charge in [-0.05, 0) is 36.4 Å². The molecule has 0 amide bonds. The lowest BCUT2D eigenvalue weighted by atomic mass is 10.1. The molecule has 0 unspecified atom stereocenters. The standard InChI is InChI=1S/C16H9ClF2N2O2S/c17-11-3-1-2-10(6-11)15-20-21-16(23-15)24-8-14(22)9-4-5-12(18)13(19)7-9/h1-7H,8H2. The predicted octanol–water partition coefficient (Wildman–Crippen LogP) is 4.64. The highest BCUT2D eigenvalue weighted by atomic mass is 35.5. The highest BCUT2D eigenvalue weighted by molar-refractivity contribution is 7.99. The molecule has 3 aromatic rings. The van der Waals surface area contributed by atoms with Gasteiger partial charge in [0.05, 0.1) is 5.75 Å². The van der Waals surface area contributed by atoms with E-state index in [-0.39, 0.29) is 28.2 Å². The van der Waals surface area contributed by atoms with Gasteiger partial charge in [0, 0.05) is 16.1 Å². The first-order chi connectivity index (χ1) is 11.5. The molecule has 0 bridgehead atoms. The van der Waals surface area contributed by atoms with Crippen molar-refractivity contribution in [2.45, 2.75) is 5.22 Å². The second-order valence-electron chi connectivity index (χ2n) is 4.72. The molecule has 1 aromatic heterocycles. The van der Waals surface area contributed by atoms with Gasteiger partial charge in [-0.25, -0.2) is 8.78 Å². The zero-order chi connectivity index (χ0) is 17.1. The molecule has 0 aliphatic heterocycles. The summed E-state index contributed by atoms with van der Waals surface area (Å²) in [5.74, 6) is -2.20. The third kappa shape index (κ3) is 3.80. The summed E-state index contributed by atoms with van der Waals surface area (Å²) in [4.78, 5) is 12.0. The Labute approximate surface area is 144 Å². The molecule has 122 valence electrons. The van der Waals surface area contributed by atoms with E-state index in [9.17, 15) is 13.6 Å². The number of Topliss-reactive ketones (excluding diaryl/α,β-unsaturated/α-hetero) is 1. The van der Waals surface area contributed by atoms with Crippen LogP contribution in [0.5, 0.6) is 0 Å². The van der Waals surface area contributed by atoms with Crippen LogP contribution in [0.25, 0.3) is 11.5 Å². The summed E-state index contributed by atoms with van der Waals surface area (Å²) in [5, 5.41) is 8.45. The van der Waals surface area contributed by atoms with Gasteiger partial charge in [0.25, 0.3) is 5.22 Å². The summed E-state index contributed by atoms with van der Waals surface area (Å²) in [6.07, 6.45) is 0. The van der Waals surface area contributed by atoms with Crippen LogP contribution < -0.4 is 0 Å². The van der Waals surface area contributed by atoms with Crippen molar-refractivity contribution < 1.29 is 18.0 Å². The molecule has 0 aliphatic rings. The highest BCUT2D eigenvalue weighted by Crippen LogP contribution is 2.25. The molecule has 0 saturated heterocycles. The van der Waals surface area contributed by atoms with E-state index in [2.05, 4.69) is 10.2 Å². The van der Waals surface area contributed by atoms with Crippen molar-refractivity contribution in [3.8, 4) is 11.5 Å². The zero-order valence-electron chi connectivity index (χ0n) is 12.0. The smallest absolute Gasteiger partial charge is 0.277 e. The van der Waals surface area contributed by atoms with Gasteiger partial charge < -0.3 is 4.42 Å². The van der Waals surface area contributed by atoms with E-state index in [0.717, 1.165) is 23.9 Å². The number of ketones is 1. The van der Waals surface area contributed by atoms with Gasteiger partial charge in [0.2, 0.25) is 5.89 Å². The van der Waals surface area contributed by atoms with E-state index in [1.54, 1.807) is 24.3 Å². The number of benzene rings is 2. The van der Waals surface area contributed by atoms with E-state index in [4.69, 9.17) is 16.0 Å². The second-order valence-corrected chi connectivity index (χ2v) is 6.09. The van der Waals surface area contributed by atoms with Crippen molar-refractivity contribution in [1.82, 2.24) is 10.2 Å². The second kappa shape index (κ2) is 7.11. The molecule has 1 heterocycles. The summed E-state index contributed by atoms with van der Waals surface area (Å²) < 4.78 is 31.5. The normalized spacial score (nSPS) is 10.8. The average Bonchev–Trinajstić information content (AvgIpc) is 3.04. The van der Waals surface area contributed by atoms with E-state index < -0.39 is 11.6 Å². The van der Waals surface area contributed by atoms with Crippen molar-refractivity contribution in [3.63, 3.8) is 0 Å².